The summed E-state index contributed by atoms with van der Waals surface area (Å²) in [5.74, 6) is -3.30. The number of carbonyl (C=O) groups is 1. The number of hydrogen-bond acceptors (Lipinski definition) is 5. The predicted octanol–water partition coefficient (Wildman–Crippen LogP) is 1.42. The lowest BCUT2D eigenvalue weighted by molar-refractivity contribution is -0.144. The average molecular weight is 299 g/mol. The Balaban J connectivity index is 2.93. The highest BCUT2D eigenvalue weighted by molar-refractivity contribution is 7.90. The van der Waals surface area contributed by atoms with E-state index in [9.17, 15) is 17.6 Å². The minimum absolute atomic E-state index is 0.0823. The standard InChI is InChI=1S/C13H14FNO4S/c1-9(13(16)19-2)7-20(17,18)8-11-5-3-4-10(6-15)12(11)14/h3-5,9H,7-8H2,1-2H3. The third kappa shape index (κ3) is 4.03. The molecule has 0 amide bonds. The highest BCUT2D eigenvalue weighted by atomic mass is 32.2. The smallest absolute Gasteiger partial charge is 0.309 e. The number of hydrogen-bond donors (Lipinski definition) is 0. The van der Waals surface area contributed by atoms with Gasteiger partial charge in [0.1, 0.15) is 11.9 Å². The molecule has 0 heterocycles. The molecule has 0 N–H and O–H groups in total. The van der Waals surface area contributed by atoms with Crippen molar-refractivity contribution in [2.45, 2.75) is 12.7 Å². The molecule has 0 radical (unpaired) electrons. The molecule has 7 heteroatoms. The van der Waals surface area contributed by atoms with Gasteiger partial charge >= 0.3 is 5.97 Å². The first-order chi connectivity index (χ1) is 9.30. The third-order valence-corrected chi connectivity index (χ3v) is 4.44. The zero-order valence-electron chi connectivity index (χ0n) is 11.1. The lowest BCUT2D eigenvalue weighted by Gasteiger charge is -2.10. The molecule has 1 aromatic rings. The Morgan fingerprint density at radius 3 is 2.70 bits per heavy atom. The number of rotatable bonds is 5. The second kappa shape index (κ2) is 6.48. The number of benzene rings is 1. The SMILES string of the molecule is COC(=O)C(C)CS(=O)(=O)Cc1cccc(C#N)c1F. The molecule has 1 unspecified atom stereocenters. The average Bonchev–Trinajstić information content (AvgIpc) is 2.39. The highest BCUT2D eigenvalue weighted by Crippen LogP contribution is 2.17. The van der Waals surface area contributed by atoms with Gasteiger partial charge in [-0.05, 0) is 6.07 Å². The van der Waals surface area contributed by atoms with Gasteiger partial charge in [-0.1, -0.05) is 19.1 Å². The molecule has 0 saturated carbocycles. The van der Waals surface area contributed by atoms with Gasteiger partial charge < -0.3 is 4.74 Å². The zero-order valence-corrected chi connectivity index (χ0v) is 11.9. The van der Waals surface area contributed by atoms with Crippen LogP contribution >= 0.6 is 0 Å². The number of carbonyl (C=O) groups excluding carboxylic acids is 1. The van der Waals surface area contributed by atoms with Crippen molar-refractivity contribution in [1.29, 1.82) is 5.26 Å². The number of halogens is 1. The summed E-state index contributed by atoms with van der Waals surface area (Å²) in [7, 11) is -2.52. The van der Waals surface area contributed by atoms with E-state index in [1.165, 1.54) is 32.2 Å². The molecule has 0 fully saturated rings. The summed E-state index contributed by atoms with van der Waals surface area (Å²) >= 11 is 0. The molecular weight excluding hydrogens is 285 g/mol. The van der Waals surface area contributed by atoms with Crippen LogP contribution in [0, 0.1) is 23.1 Å². The van der Waals surface area contributed by atoms with Gasteiger partial charge in [-0.3, -0.25) is 4.79 Å². The molecule has 1 aromatic carbocycles. The maximum absolute atomic E-state index is 13.8. The summed E-state index contributed by atoms with van der Waals surface area (Å²) in [6.45, 7) is 1.42. The number of esters is 1. The minimum atomic E-state index is -3.69. The van der Waals surface area contributed by atoms with Crippen molar-refractivity contribution in [3.8, 4) is 6.07 Å². The fourth-order valence-corrected chi connectivity index (χ4v) is 3.44. The lowest BCUT2D eigenvalue weighted by Crippen LogP contribution is -2.23. The molecule has 1 rings (SSSR count). The fourth-order valence-electron chi connectivity index (χ4n) is 1.72. The first kappa shape index (κ1) is 16.1. The van der Waals surface area contributed by atoms with Gasteiger partial charge in [-0.15, -0.1) is 0 Å². The number of sulfone groups is 1. The monoisotopic (exact) mass is 299 g/mol. The van der Waals surface area contributed by atoms with Crippen LogP contribution < -0.4 is 0 Å². The molecule has 0 spiro atoms. The van der Waals surface area contributed by atoms with Crippen molar-refractivity contribution in [2.75, 3.05) is 12.9 Å². The van der Waals surface area contributed by atoms with Crippen molar-refractivity contribution >= 4 is 15.8 Å². The second-order valence-corrected chi connectivity index (χ2v) is 6.48. The van der Waals surface area contributed by atoms with Gasteiger partial charge in [0.05, 0.1) is 30.1 Å². The van der Waals surface area contributed by atoms with E-state index in [0.29, 0.717) is 0 Å². The molecule has 0 aromatic heterocycles. The van der Waals surface area contributed by atoms with Crippen LogP contribution in [0.4, 0.5) is 4.39 Å². The number of methoxy groups -OCH3 is 1. The Labute approximate surface area is 116 Å². The second-order valence-electron chi connectivity index (χ2n) is 4.37. The highest BCUT2D eigenvalue weighted by Gasteiger charge is 2.24. The van der Waals surface area contributed by atoms with Crippen LogP contribution in [-0.2, 0) is 25.1 Å². The maximum Gasteiger partial charge on any atom is 0.309 e. The van der Waals surface area contributed by atoms with E-state index in [-0.39, 0.29) is 11.1 Å². The number of nitrogens with zero attached hydrogens (tertiary/aromatic N) is 1. The Hall–Kier alpha value is -1.94. The summed E-state index contributed by atoms with van der Waals surface area (Å²) < 4.78 is 42.1. The maximum atomic E-state index is 13.8. The largest absolute Gasteiger partial charge is 0.469 e. The summed E-state index contributed by atoms with van der Waals surface area (Å²) in [5, 5.41) is 8.69. The van der Waals surface area contributed by atoms with E-state index in [1.54, 1.807) is 6.07 Å². The van der Waals surface area contributed by atoms with E-state index in [0.717, 1.165) is 0 Å². The molecule has 108 valence electrons. The summed E-state index contributed by atoms with van der Waals surface area (Å²) in [5.41, 5.74) is -0.292. The Morgan fingerprint density at radius 1 is 1.50 bits per heavy atom. The normalized spacial score (nSPS) is 12.5. The molecule has 0 aliphatic carbocycles. The molecule has 20 heavy (non-hydrogen) atoms. The zero-order chi connectivity index (χ0) is 15.3. The summed E-state index contributed by atoms with van der Waals surface area (Å²) in [6, 6.07) is 5.63. The molecule has 0 bridgehead atoms. The summed E-state index contributed by atoms with van der Waals surface area (Å²) in [4.78, 5) is 11.2. The Kier molecular flexibility index (Phi) is 5.22. The van der Waals surface area contributed by atoms with Gasteiger partial charge in [0.2, 0.25) is 0 Å². The molecule has 0 aliphatic rings. The van der Waals surface area contributed by atoms with Gasteiger partial charge in [-0.2, -0.15) is 5.26 Å². The van der Waals surface area contributed by atoms with Crippen molar-refractivity contribution in [1.82, 2.24) is 0 Å². The lowest BCUT2D eigenvalue weighted by atomic mass is 10.1. The number of nitriles is 1. The van der Waals surface area contributed by atoms with Crippen LogP contribution in [0.15, 0.2) is 18.2 Å². The fraction of sp³-hybridized carbons (Fsp3) is 0.385. The predicted molar refractivity (Wildman–Crippen MR) is 69.8 cm³/mol. The van der Waals surface area contributed by atoms with E-state index in [1.807, 2.05) is 0 Å². The molecule has 5 nitrogen and oxygen atoms in total. The van der Waals surface area contributed by atoms with E-state index < -0.39 is 39.0 Å². The first-order valence-corrected chi connectivity index (χ1v) is 7.58. The Bertz CT molecular complexity index is 649. The van der Waals surface area contributed by atoms with Crippen molar-refractivity contribution < 1.29 is 22.3 Å². The minimum Gasteiger partial charge on any atom is -0.469 e. The van der Waals surface area contributed by atoms with E-state index in [4.69, 9.17) is 5.26 Å². The van der Waals surface area contributed by atoms with Crippen LogP contribution in [0.3, 0.4) is 0 Å². The van der Waals surface area contributed by atoms with Crippen molar-refractivity contribution in [3.63, 3.8) is 0 Å². The van der Waals surface area contributed by atoms with Crippen LogP contribution in [0.1, 0.15) is 18.1 Å². The molecule has 1 atom stereocenters. The first-order valence-electron chi connectivity index (χ1n) is 5.76. The van der Waals surface area contributed by atoms with Gasteiger partial charge in [0, 0.05) is 5.56 Å². The van der Waals surface area contributed by atoms with Crippen LogP contribution in [0.5, 0.6) is 0 Å². The Morgan fingerprint density at radius 2 is 2.15 bits per heavy atom. The number of ether oxygens (including phenoxy) is 1. The summed E-state index contributed by atoms with van der Waals surface area (Å²) in [6.07, 6.45) is 0. The van der Waals surface area contributed by atoms with Crippen molar-refractivity contribution in [3.05, 3.63) is 35.1 Å². The quantitative estimate of drug-likeness (QED) is 0.768. The molecule has 0 aliphatic heterocycles. The third-order valence-electron chi connectivity index (χ3n) is 2.68. The van der Waals surface area contributed by atoms with Crippen LogP contribution in [0.2, 0.25) is 0 Å². The van der Waals surface area contributed by atoms with Gasteiger partial charge in [-0.25, -0.2) is 12.8 Å². The molecular formula is C13H14FNO4S. The topological polar surface area (TPSA) is 84.2 Å². The van der Waals surface area contributed by atoms with E-state index in [2.05, 4.69) is 4.74 Å². The van der Waals surface area contributed by atoms with Crippen LogP contribution in [0.25, 0.3) is 0 Å². The van der Waals surface area contributed by atoms with Crippen LogP contribution in [-0.4, -0.2) is 27.2 Å². The van der Waals surface area contributed by atoms with Gasteiger partial charge in [0.15, 0.2) is 9.84 Å². The van der Waals surface area contributed by atoms with Gasteiger partial charge in [0.25, 0.3) is 0 Å². The molecule has 0 saturated heterocycles. The van der Waals surface area contributed by atoms with Crippen molar-refractivity contribution in [2.24, 2.45) is 5.92 Å². The van der Waals surface area contributed by atoms with E-state index >= 15 is 0 Å².